The molecule has 0 aromatic heterocycles. The van der Waals surface area contributed by atoms with Gasteiger partial charge in [-0.25, -0.2) is 4.39 Å². The SMILES string of the molecule is CC(CO)C(C)Nc1ccc(F)cc1N. The molecular weight excluding hydrogens is 195 g/mol. The first-order valence-electron chi connectivity index (χ1n) is 4.97. The van der Waals surface area contributed by atoms with E-state index in [-0.39, 0.29) is 24.4 Å². The lowest BCUT2D eigenvalue weighted by molar-refractivity contribution is 0.226. The van der Waals surface area contributed by atoms with Crippen molar-refractivity contribution < 1.29 is 9.50 Å². The first kappa shape index (κ1) is 11.8. The van der Waals surface area contributed by atoms with Crippen molar-refractivity contribution in [1.29, 1.82) is 0 Å². The van der Waals surface area contributed by atoms with Crippen molar-refractivity contribution in [1.82, 2.24) is 0 Å². The molecule has 0 bridgehead atoms. The number of anilines is 2. The Labute approximate surface area is 89.1 Å². The largest absolute Gasteiger partial charge is 0.397 e. The van der Waals surface area contributed by atoms with Crippen LogP contribution in [-0.2, 0) is 0 Å². The Kier molecular flexibility index (Phi) is 3.91. The van der Waals surface area contributed by atoms with Gasteiger partial charge in [0.2, 0.25) is 0 Å². The van der Waals surface area contributed by atoms with Crippen LogP contribution < -0.4 is 11.1 Å². The summed E-state index contributed by atoms with van der Waals surface area (Å²) in [6.45, 7) is 3.98. The summed E-state index contributed by atoms with van der Waals surface area (Å²) >= 11 is 0. The van der Waals surface area contributed by atoms with Crippen LogP contribution >= 0.6 is 0 Å². The third-order valence-electron chi connectivity index (χ3n) is 2.54. The van der Waals surface area contributed by atoms with E-state index in [4.69, 9.17) is 10.8 Å². The summed E-state index contributed by atoms with van der Waals surface area (Å²) in [5, 5.41) is 12.1. The van der Waals surface area contributed by atoms with Crippen molar-refractivity contribution in [3.63, 3.8) is 0 Å². The van der Waals surface area contributed by atoms with E-state index in [0.717, 1.165) is 0 Å². The van der Waals surface area contributed by atoms with Gasteiger partial charge in [0.25, 0.3) is 0 Å². The minimum Gasteiger partial charge on any atom is -0.397 e. The van der Waals surface area contributed by atoms with Gasteiger partial charge in [-0.1, -0.05) is 6.92 Å². The van der Waals surface area contributed by atoms with E-state index < -0.39 is 0 Å². The minimum absolute atomic E-state index is 0.0859. The standard InChI is InChI=1S/C11H17FN2O/c1-7(6-15)8(2)14-11-4-3-9(12)5-10(11)13/h3-5,7-8,14-15H,6,13H2,1-2H3. The third-order valence-corrected chi connectivity index (χ3v) is 2.54. The molecule has 1 aromatic carbocycles. The number of aliphatic hydroxyl groups is 1. The fourth-order valence-electron chi connectivity index (χ4n) is 1.21. The maximum absolute atomic E-state index is 12.8. The van der Waals surface area contributed by atoms with Gasteiger partial charge < -0.3 is 16.2 Å². The maximum atomic E-state index is 12.8. The second-order valence-electron chi connectivity index (χ2n) is 3.82. The highest BCUT2D eigenvalue weighted by molar-refractivity contribution is 5.66. The van der Waals surface area contributed by atoms with Crippen LogP contribution in [0.5, 0.6) is 0 Å². The quantitative estimate of drug-likeness (QED) is 0.667. The van der Waals surface area contributed by atoms with Crippen LogP contribution in [-0.4, -0.2) is 17.8 Å². The van der Waals surface area contributed by atoms with Crippen molar-refractivity contribution in [2.75, 3.05) is 17.7 Å². The van der Waals surface area contributed by atoms with E-state index in [1.807, 2.05) is 13.8 Å². The Morgan fingerprint density at radius 3 is 2.67 bits per heavy atom. The Bertz CT molecular complexity index is 330. The summed E-state index contributed by atoms with van der Waals surface area (Å²) in [5.41, 5.74) is 6.73. The summed E-state index contributed by atoms with van der Waals surface area (Å²) in [6.07, 6.45) is 0. The van der Waals surface area contributed by atoms with E-state index in [1.54, 1.807) is 6.07 Å². The average Bonchev–Trinajstić information content (AvgIpc) is 2.20. The zero-order valence-corrected chi connectivity index (χ0v) is 9.00. The Balaban J connectivity index is 2.72. The summed E-state index contributed by atoms with van der Waals surface area (Å²) in [6, 6.07) is 4.32. The molecule has 2 unspecified atom stereocenters. The molecule has 2 atom stereocenters. The molecule has 1 rings (SSSR count). The number of nitrogens with one attached hydrogen (secondary N) is 1. The molecule has 15 heavy (non-hydrogen) atoms. The second-order valence-corrected chi connectivity index (χ2v) is 3.82. The Hall–Kier alpha value is -1.29. The smallest absolute Gasteiger partial charge is 0.125 e. The number of benzene rings is 1. The molecule has 0 fully saturated rings. The molecule has 0 aliphatic carbocycles. The van der Waals surface area contributed by atoms with Crippen LogP contribution in [0.1, 0.15) is 13.8 Å². The second kappa shape index (κ2) is 4.98. The summed E-state index contributed by atoms with van der Waals surface area (Å²) < 4.78 is 12.8. The van der Waals surface area contributed by atoms with Gasteiger partial charge in [0.1, 0.15) is 5.82 Å². The predicted octanol–water partition coefficient (Wildman–Crippen LogP) is 1.84. The number of hydrogen-bond donors (Lipinski definition) is 3. The lowest BCUT2D eigenvalue weighted by Gasteiger charge is -2.21. The van der Waals surface area contributed by atoms with Crippen LogP contribution in [0.15, 0.2) is 18.2 Å². The molecule has 0 radical (unpaired) electrons. The van der Waals surface area contributed by atoms with E-state index in [9.17, 15) is 4.39 Å². The number of rotatable bonds is 4. The maximum Gasteiger partial charge on any atom is 0.125 e. The van der Waals surface area contributed by atoms with Crippen LogP contribution in [0.25, 0.3) is 0 Å². The molecule has 3 nitrogen and oxygen atoms in total. The third kappa shape index (κ3) is 3.09. The van der Waals surface area contributed by atoms with E-state index in [0.29, 0.717) is 11.4 Å². The van der Waals surface area contributed by atoms with Crippen molar-refractivity contribution in [2.45, 2.75) is 19.9 Å². The molecule has 4 N–H and O–H groups in total. The lowest BCUT2D eigenvalue weighted by atomic mass is 10.0. The van der Waals surface area contributed by atoms with Gasteiger partial charge in [-0.3, -0.25) is 0 Å². The van der Waals surface area contributed by atoms with Crippen molar-refractivity contribution >= 4 is 11.4 Å². The Morgan fingerprint density at radius 1 is 1.47 bits per heavy atom. The van der Waals surface area contributed by atoms with E-state index in [1.165, 1.54) is 12.1 Å². The van der Waals surface area contributed by atoms with Gasteiger partial charge in [-0.2, -0.15) is 0 Å². The minimum atomic E-state index is -0.346. The first-order valence-corrected chi connectivity index (χ1v) is 4.97. The zero-order chi connectivity index (χ0) is 11.4. The Morgan fingerprint density at radius 2 is 2.13 bits per heavy atom. The summed E-state index contributed by atoms with van der Waals surface area (Å²) in [7, 11) is 0. The topological polar surface area (TPSA) is 58.3 Å². The number of nitrogens with two attached hydrogens (primary N) is 1. The van der Waals surface area contributed by atoms with Gasteiger partial charge in [-0.05, 0) is 31.0 Å². The fourth-order valence-corrected chi connectivity index (χ4v) is 1.21. The van der Waals surface area contributed by atoms with Gasteiger partial charge in [0, 0.05) is 12.6 Å². The monoisotopic (exact) mass is 212 g/mol. The predicted molar refractivity (Wildman–Crippen MR) is 60.1 cm³/mol. The highest BCUT2D eigenvalue weighted by Crippen LogP contribution is 2.21. The highest BCUT2D eigenvalue weighted by atomic mass is 19.1. The molecular formula is C11H17FN2O. The molecule has 0 aliphatic rings. The van der Waals surface area contributed by atoms with Crippen molar-refractivity contribution in [3.05, 3.63) is 24.0 Å². The van der Waals surface area contributed by atoms with Gasteiger partial charge >= 0.3 is 0 Å². The number of hydrogen-bond acceptors (Lipinski definition) is 3. The normalized spacial score (nSPS) is 14.7. The molecule has 4 heteroatoms. The van der Waals surface area contributed by atoms with Crippen molar-refractivity contribution in [2.24, 2.45) is 5.92 Å². The van der Waals surface area contributed by atoms with Crippen LogP contribution in [0.3, 0.4) is 0 Å². The summed E-state index contributed by atoms with van der Waals surface area (Å²) in [4.78, 5) is 0. The van der Waals surface area contributed by atoms with E-state index >= 15 is 0 Å². The number of halogens is 1. The highest BCUT2D eigenvalue weighted by Gasteiger charge is 2.11. The molecule has 0 saturated heterocycles. The van der Waals surface area contributed by atoms with Crippen LogP contribution in [0.4, 0.5) is 15.8 Å². The molecule has 84 valence electrons. The molecule has 0 saturated carbocycles. The summed E-state index contributed by atoms with van der Waals surface area (Å²) in [5.74, 6) is -0.227. The lowest BCUT2D eigenvalue weighted by Crippen LogP contribution is -2.26. The molecule has 0 aliphatic heterocycles. The zero-order valence-electron chi connectivity index (χ0n) is 9.00. The molecule has 1 aromatic rings. The van der Waals surface area contributed by atoms with Crippen LogP contribution in [0, 0.1) is 11.7 Å². The fraction of sp³-hybridized carbons (Fsp3) is 0.455. The first-order chi connectivity index (χ1) is 7.04. The van der Waals surface area contributed by atoms with Crippen molar-refractivity contribution in [3.8, 4) is 0 Å². The number of aliphatic hydroxyl groups excluding tert-OH is 1. The van der Waals surface area contributed by atoms with Gasteiger partial charge in [0.15, 0.2) is 0 Å². The molecule has 0 amide bonds. The van der Waals surface area contributed by atoms with Gasteiger partial charge in [-0.15, -0.1) is 0 Å². The molecule has 0 spiro atoms. The number of nitrogen functional groups attached to an aromatic ring is 1. The molecule has 0 heterocycles. The van der Waals surface area contributed by atoms with E-state index in [2.05, 4.69) is 5.32 Å². The van der Waals surface area contributed by atoms with Gasteiger partial charge in [0.05, 0.1) is 11.4 Å². The average molecular weight is 212 g/mol. The van der Waals surface area contributed by atoms with Crippen LogP contribution in [0.2, 0.25) is 0 Å².